The molecule has 0 bridgehead atoms. The summed E-state index contributed by atoms with van der Waals surface area (Å²) in [5, 5.41) is 0. The topological polar surface area (TPSA) is 56.5 Å². The fourth-order valence-electron chi connectivity index (χ4n) is 1.94. The fraction of sp³-hybridized carbons (Fsp3) is 0.538. The fourth-order valence-corrected chi connectivity index (χ4v) is 1.94. The Morgan fingerprint density at radius 2 is 2.12 bits per heavy atom. The van der Waals surface area contributed by atoms with Crippen molar-refractivity contribution >= 4 is 0 Å². The molecule has 0 spiro atoms. The van der Waals surface area contributed by atoms with Crippen LogP contribution < -0.4 is 11.3 Å². The molecule has 0 amide bonds. The van der Waals surface area contributed by atoms with Crippen LogP contribution in [0.1, 0.15) is 36.6 Å². The Morgan fingerprint density at radius 1 is 1.35 bits per heavy atom. The highest BCUT2D eigenvalue weighted by Gasteiger charge is 2.16. The second-order valence-corrected chi connectivity index (χ2v) is 4.62. The zero-order chi connectivity index (χ0) is 12.3. The molecule has 4 nitrogen and oxygen atoms in total. The van der Waals surface area contributed by atoms with E-state index in [2.05, 4.69) is 23.6 Å². The molecular weight excluding hydrogens is 216 g/mol. The van der Waals surface area contributed by atoms with Crippen molar-refractivity contribution in [2.45, 2.75) is 39.2 Å². The minimum Gasteiger partial charge on any atom is -0.377 e. The first-order valence-corrected chi connectivity index (χ1v) is 5.98. The summed E-state index contributed by atoms with van der Waals surface area (Å²) >= 11 is 0. The van der Waals surface area contributed by atoms with Crippen molar-refractivity contribution in [3.63, 3.8) is 0 Å². The number of nitrogens with one attached hydrogen (secondary N) is 1. The lowest BCUT2D eigenvalue weighted by atomic mass is 10.0. The number of ether oxygens (including phenoxy) is 2. The largest absolute Gasteiger partial charge is 0.377 e. The zero-order valence-corrected chi connectivity index (χ0v) is 10.4. The molecule has 94 valence electrons. The van der Waals surface area contributed by atoms with Gasteiger partial charge in [-0.15, -0.1) is 0 Å². The minimum absolute atomic E-state index is 0.0308. The highest BCUT2D eigenvalue weighted by atomic mass is 16.5. The lowest BCUT2D eigenvalue weighted by molar-refractivity contribution is 0.0611. The van der Waals surface area contributed by atoms with Gasteiger partial charge in [-0.1, -0.05) is 18.2 Å². The van der Waals surface area contributed by atoms with E-state index in [4.69, 9.17) is 15.3 Å². The van der Waals surface area contributed by atoms with Gasteiger partial charge >= 0.3 is 0 Å². The van der Waals surface area contributed by atoms with Gasteiger partial charge in [0, 0.05) is 0 Å². The van der Waals surface area contributed by atoms with E-state index in [1.54, 1.807) is 0 Å². The van der Waals surface area contributed by atoms with E-state index in [0.717, 1.165) is 12.2 Å². The molecule has 1 heterocycles. The minimum atomic E-state index is 0.0308. The lowest BCUT2D eigenvalue weighted by Crippen LogP contribution is -2.32. The van der Waals surface area contributed by atoms with E-state index in [-0.39, 0.29) is 12.1 Å². The first-order valence-electron chi connectivity index (χ1n) is 5.98. The molecule has 1 aromatic carbocycles. The van der Waals surface area contributed by atoms with Crippen LogP contribution in [0.4, 0.5) is 0 Å². The molecule has 0 saturated heterocycles. The second kappa shape index (κ2) is 5.60. The average Bonchev–Trinajstić information content (AvgIpc) is 2.76. The van der Waals surface area contributed by atoms with E-state index in [9.17, 15) is 0 Å². The number of nitrogens with two attached hydrogens (primary N) is 1. The molecule has 1 aliphatic rings. The molecular formula is C13H20N2O2. The summed E-state index contributed by atoms with van der Waals surface area (Å²) in [6.07, 6.45) is 0.212. The summed E-state index contributed by atoms with van der Waals surface area (Å²) in [7, 11) is 0. The molecule has 2 rings (SSSR count). The molecule has 0 aliphatic carbocycles. The summed E-state index contributed by atoms with van der Waals surface area (Å²) in [5.41, 5.74) is 6.48. The van der Waals surface area contributed by atoms with E-state index in [1.165, 1.54) is 11.1 Å². The summed E-state index contributed by atoms with van der Waals surface area (Å²) < 4.78 is 11.0. The predicted octanol–water partition coefficient (Wildman–Crippen LogP) is 1.65. The summed E-state index contributed by atoms with van der Waals surface area (Å²) in [6, 6.07) is 6.37. The third-order valence-corrected chi connectivity index (χ3v) is 2.95. The summed E-state index contributed by atoms with van der Waals surface area (Å²) in [6.45, 7) is 6.03. The van der Waals surface area contributed by atoms with E-state index in [0.29, 0.717) is 13.2 Å². The molecule has 0 fully saturated rings. The number of hydrogen-bond donors (Lipinski definition) is 2. The highest BCUT2D eigenvalue weighted by Crippen LogP contribution is 2.24. The Hall–Kier alpha value is -0.940. The number of benzene rings is 1. The summed E-state index contributed by atoms with van der Waals surface area (Å²) in [4.78, 5) is 0. The molecule has 0 saturated carbocycles. The van der Waals surface area contributed by atoms with Gasteiger partial charge in [0.25, 0.3) is 0 Å². The monoisotopic (exact) mass is 236 g/mol. The van der Waals surface area contributed by atoms with Crippen molar-refractivity contribution < 1.29 is 9.47 Å². The van der Waals surface area contributed by atoms with Crippen LogP contribution in [-0.4, -0.2) is 12.7 Å². The lowest BCUT2D eigenvalue weighted by Gasteiger charge is -2.18. The molecule has 17 heavy (non-hydrogen) atoms. The molecule has 4 heteroatoms. The zero-order valence-electron chi connectivity index (χ0n) is 10.4. The quantitative estimate of drug-likeness (QED) is 0.603. The maximum atomic E-state index is 5.59. The third kappa shape index (κ3) is 3.04. The molecule has 3 N–H and O–H groups in total. The number of hydrogen-bond acceptors (Lipinski definition) is 4. The number of fused-ring (bicyclic) bond motifs is 1. The third-order valence-electron chi connectivity index (χ3n) is 2.95. The van der Waals surface area contributed by atoms with Gasteiger partial charge in [0.05, 0.1) is 32.0 Å². The van der Waals surface area contributed by atoms with Crippen LogP contribution in [0.5, 0.6) is 0 Å². The Balaban J connectivity index is 2.08. The Kier molecular flexibility index (Phi) is 4.12. The van der Waals surface area contributed by atoms with Crippen LogP contribution in [0.2, 0.25) is 0 Å². The van der Waals surface area contributed by atoms with Crippen molar-refractivity contribution in [3.05, 3.63) is 34.9 Å². The normalized spacial score (nSPS) is 16.2. The van der Waals surface area contributed by atoms with E-state index in [1.807, 2.05) is 13.8 Å². The maximum Gasteiger partial charge on any atom is 0.0725 e. The van der Waals surface area contributed by atoms with Crippen molar-refractivity contribution in [1.82, 2.24) is 5.43 Å². The van der Waals surface area contributed by atoms with Crippen LogP contribution in [0, 0.1) is 0 Å². The van der Waals surface area contributed by atoms with Gasteiger partial charge in [0.1, 0.15) is 0 Å². The van der Waals surface area contributed by atoms with Gasteiger partial charge < -0.3 is 9.47 Å². The van der Waals surface area contributed by atoms with Gasteiger partial charge in [-0.25, -0.2) is 0 Å². The van der Waals surface area contributed by atoms with Crippen LogP contribution in [0.15, 0.2) is 18.2 Å². The van der Waals surface area contributed by atoms with Gasteiger partial charge in [0.15, 0.2) is 0 Å². The van der Waals surface area contributed by atoms with Crippen LogP contribution >= 0.6 is 0 Å². The summed E-state index contributed by atoms with van der Waals surface area (Å²) in [5.74, 6) is 5.57. The van der Waals surface area contributed by atoms with Crippen LogP contribution in [-0.2, 0) is 22.7 Å². The molecule has 0 aromatic heterocycles. The molecule has 1 aromatic rings. The first-order chi connectivity index (χ1) is 8.20. The number of rotatable bonds is 5. The van der Waals surface area contributed by atoms with E-state index >= 15 is 0 Å². The van der Waals surface area contributed by atoms with Crippen molar-refractivity contribution in [1.29, 1.82) is 0 Å². The molecule has 1 aliphatic heterocycles. The SMILES string of the molecule is CC(C)OCC(NN)c1ccc2c(c1)COC2. The van der Waals surface area contributed by atoms with Crippen molar-refractivity contribution in [2.75, 3.05) is 6.61 Å². The van der Waals surface area contributed by atoms with Crippen molar-refractivity contribution in [2.24, 2.45) is 5.84 Å². The number of hydrazine groups is 1. The Labute approximate surface area is 102 Å². The van der Waals surface area contributed by atoms with Crippen LogP contribution in [0.25, 0.3) is 0 Å². The average molecular weight is 236 g/mol. The molecule has 1 atom stereocenters. The Bertz CT molecular complexity index is 380. The Morgan fingerprint density at radius 3 is 2.82 bits per heavy atom. The first kappa shape index (κ1) is 12.5. The van der Waals surface area contributed by atoms with Gasteiger partial charge in [0.2, 0.25) is 0 Å². The van der Waals surface area contributed by atoms with Crippen molar-refractivity contribution in [3.8, 4) is 0 Å². The second-order valence-electron chi connectivity index (χ2n) is 4.62. The van der Waals surface area contributed by atoms with Crippen LogP contribution in [0.3, 0.4) is 0 Å². The van der Waals surface area contributed by atoms with E-state index < -0.39 is 0 Å². The smallest absolute Gasteiger partial charge is 0.0725 e. The molecule has 0 radical (unpaired) electrons. The standard InChI is InChI=1S/C13H20N2O2/c1-9(2)17-8-13(15-14)10-3-4-11-6-16-7-12(11)5-10/h3-5,9,13,15H,6-8,14H2,1-2H3. The predicted molar refractivity (Wildman–Crippen MR) is 66.1 cm³/mol. The van der Waals surface area contributed by atoms with Gasteiger partial charge in [-0.05, 0) is 30.5 Å². The van der Waals surface area contributed by atoms with Gasteiger partial charge in [-0.2, -0.15) is 0 Å². The van der Waals surface area contributed by atoms with Gasteiger partial charge in [-0.3, -0.25) is 11.3 Å². The molecule has 1 unspecified atom stereocenters. The maximum absolute atomic E-state index is 5.59. The highest BCUT2D eigenvalue weighted by molar-refractivity contribution is 5.34.